The monoisotopic (exact) mass is 279 g/mol. The third-order valence-electron chi connectivity index (χ3n) is 3.18. The first kappa shape index (κ1) is 16.2. The fourth-order valence-corrected chi connectivity index (χ4v) is 3.16. The molecule has 1 saturated heterocycles. The van der Waals surface area contributed by atoms with Crippen LogP contribution in [0.3, 0.4) is 0 Å². The molecule has 0 aromatic carbocycles. The van der Waals surface area contributed by atoms with Crippen molar-refractivity contribution in [2.24, 2.45) is 5.73 Å². The van der Waals surface area contributed by atoms with Gasteiger partial charge in [0.15, 0.2) is 0 Å². The molecule has 18 heavy (non-hydrogen) atoms. The summed E-state index contributed by atoms with van der Waals surface area (Å²) in [7, 11) is 0. The molecule has 1 heterocycles. The van der Waals surface area contributed by atoms with Gasteiger partial charge in [0.2, 0.25) is 0 Å². The standard InChI is InChI=1S/C12H25NO4S/c1-2-3-4-5-6-18-12-11(16)10(15)9(14)8(7-13)17-12/h8-12,14-16H,2-7,13H2,1H3/t8-,9+,10+,11-,12+/m1/s1. The summed E-state index contributed by atoms with van der Waals surface area (Å²) in [4.78, 5) is 0. The first-order chi connectivity index (χ1) is 8.61. The van der Waals surface area contributed by atoms with Gasteiger partial charge >= 0.3 is 0 Å². The SMILES string of the molecule is CCCCCCS[C@@H]1O[C@H](CN)[C@H](O)[C@H](O)[C@H]1O. The highest BCUT2D eigenvalue weighted by molar-refractivity contribution is 7.99. The lowest BCUT2D eigenvalue weighted by Gasteiger charge is -2.39. The van der Waals surface area contributed by atoms with Crippen LogP contribution in [0.2, 0.25) is 0 Å². The van der Waals surface area contributed by atoms with Crippen molar-refractivity contribution in [2.45, 2.75) is 62.5 Å². The van der Waals surface area contributed by atoms with E-state index >= 15 is 0 Å². The molecule has 0 spiro atoms. The minimum Gasteiger partial charge on any atom is -0.388 e. The molecule has 108 valence electrons. The van der Waals surface area contributed by atoms with Crippen LogP contribution in [0, 0.1) is 0 Å². The Morgan fingerprint density at radius 3 is 2.39 bits per heavy atom. The van der Waals surface area contributed by atoms with Gasteiger partial charge in [-0.3, -0.25) is 0 Å². The summed E-state index contributed by atoms with van der Waals surface area (Å²) in [6.45, 7) is 2.29. The van der Waals surface area contributed by atoms with E-state index in [-0.39, 0.29) is 6.54 Å². The van der Waals surface area contributed by atoms with Crippen molar-refractivity contribution in [3.8, 4) is 0 Å². The van der Waals surface area contributed by atoms with E-state index in [4.69, 9.17) is 10.5 Å². The number of nitrogens with two attached hydrogens (primary N) is 1. The Hall–Kier alpha value is 0.150. The lowest BCUT2D eigenvalue weighted by atomic mass is 10.0. The van der Waals surface area contributed by atoms with Crippen molar-refractivity contribution in [2.75, 3.05) is 12.3 Å². The summed E-state index contributed by atoms with van der Waals surface area (Å²) in [6.07, 6.45) is 0.682. The number of ether oxygens (including phenoxy) is 1. The van der Waals surface area contributed by atoms with Crippen LogP contribution in [0.4, 0.5) is 0 Å². The fourth-order valence-electron chi connectivity index (χ4n) is 1.98. The van der Waals surface area contributed by atoms with E-state index in [0.717, 1.165) is 18.6 Å². The Morgan fingerprint density at radius 1 is 1.06 bits per heavy atom. The number of thioether (sulfide) groups is 1. The summed E-state index contributed by atoms with van der Waals surface area (Å²) in [5, 5.41) is 29.2. The fraction of sp³-hybridized carbons (Fsp3) is 1.00. The molecular weight excluding hydrogens is 254 g/mol. The number of hydrogen-bond acceptors (Lipinski definition) is 6. The number of rotatable bonds is 7. The lowest BCUT2D eigenvalue weighted by molar-refractivity contribution is -0.194. The third kappa shape index (κ3) is 4.36. The highest BCUT2D eigenvalue weighted by Gasteiger charge is 2.42. The second-order valence-electron chi connectivity index (χ2n) is 4.68. The smallest absolute Gasteiger partial charge is 0.132 e. The van der Waals surface area contributed by atoms with Crippen LogP contribution in [0.15, 0.2) is 0 Å². The molecule has 1 aliphatic rings. The average molecular weight is 279 g/mol. The quantitative estimate of drug-likeness (QED) is 0.492. The molecule has 0 aromatic rings. The average Bonchev–Trinajstić information content (AvgIpc) is 2.38. The van der Waals surface area contributed by atoms with Gasteiger partial charge in [-0.15, -0.1) is 11.8 Å². The Morgan fingerprint density at radius 2 is 1.78 bits per heavy atom. The van der Waals surface area contributed by atoms with E-state index < -0.39 is 29.9 Å². The summed E-state index contributed by atoms with van der Waals surface area (Å²) in [5.41, 5.74) is 4.97. The zero-order chi connectivity index (χ0) is 13.5. The molecule has 5 nitrogen and oxygen atoms in total. The van der Waals surface area contributed by atoms with Gasteiger partial charge in [0, 0.05) is 6.54 Å². The largest absolute Gasteiger partial charge is 0.388 e. The third-order valence-corrected chi connectivity index (χ3v) is 4.42. The molecule has 5 atom stereocenters. The van der Waals surface area contributed by atoms with Crippen molar-refractivity contribution >= 4 is 11.8 Å². The number of hydrogen-bond donors (Lipinski definition) is 4. The zero-order valence-electron chi connectivity index (χ0n) is 10.9. The van der Waals surface area contributed by atoms with Crippen LogP contribution >= 0.6 is 11.8 Å². The van der Waals surface area contributed by atoms with Crippen molar-refractivity contribution in [3.05, 3.63) is 0 Å². The maximum Gasteiger partial charge on any atom is 0.132 e. The predicted molar refractivity (Wildman–Crippen MR) is 72.3 cm³/mol. The summed E-state index contributed by atoms with van der Waals surface area (Å²) in [5.74, 6) is 0.877. The highest BCUT2D eigenvalue weighted by atomic mass is 32.2. The summed E-state index contributed by atoms with van der Waals surface area (Å²) < 4.78 is 5.52. The van der Waals surface area contributed by atoms with E-state index in [1.807, 2.05) is 0 Å². The second-order valence-corrected chi connectivity index (χ2v) is 5.89. The number of aliphatic hydroxyl groups is 3. The van der Waals surface area contributed by atoms with E-state index in [0.29, 0.717) is 0 Å². The molecule has 0 bridgehead atoms. The normalized spacial score (nSPS) is 36.8. The molecular formula is C12H25NO4S. The van der Waals surface area contributed by atoms with Gasteiger partial charge in [-0.2, -0.15) is 0 Å². The molecule has 0 saturated carbocycles. The van der Waals surface area contributed by atoms with E-state index in [1.165, 1.54) is 24.6 Å². The molecule has 1 rings (SSSR count). The Labute approximate surface area is 113 Å². The van der Waals surface area contributed by atoms with Crippen LogP contribution in [0.1, 0.15) is 32.6 Å². The zero-order valence-corrected chi connectivity index (χ0v) is 11.7. The minimum absolute atomic E-state index is 0.137. The molecule has 6 heteroatoms. The first-order valence-electron chi connectivity index (χ1n) is 6.63. The van der Waals surface area contributed by atoms with Crippen molar-refractivity contribution in [1.82, 2.24) is 0 Å². The van der Waals surface area contributed by atoms with E-state index in [9.17, 15) is 15.3 Å². The Bertz CT molecular complexity index is 230. The summed E-state index contributed by atoms with van der Waals surface area (Å²) in [6, 6.07) is 0. The second kappa shape index (κ2) is 8.35. The maximum atomic E-state index is 9.83. The Balaban J connectivity index is 2.35. The van der Waals surface area contributed by atoms with Crippen LogP contribution in [0.25, 0.3) is 0 Å². The molecule has 1 fully saturated rings. The maximum absolute atomic E-state index is 9.83. The summed E-state index contributed by atoms with van der Waals surface area (Å²) >= 11 is 1.48. The topological polar surface area (TPSA) is 95.9 Å². The van der Waals surface area contributed by atoms with E-state index in [2.05, 4.69) is 6.92 Å². The van der Waals surface area contributed by atoms with Gasteiger partial charge < -0.3 is 25.8 Å². The van der Waals surface area contributed by atoms with Crippen molar-refractivity contribution in [1.29, 1.82) is 0 Å². The predicted octanol–water partition coefficient (Wildman–Crippen LogP) is 0.0662. The lowest BCUT2D eigenvalue weighted by Crippen LogP contribution is -2.58. The van der Waals surface area contributed by atoms with Gasteiger partial charge in [-0.05, 0) is 12.2 Å². The van der Waals surface area contributed by atoms with Crippen LogP contribution in [-0.2, 0) is 4.74 Å². The molecule has 0 aliphatic carbocycles. The van der Waals surface area contributed by atoms with E-state index in [1.54, 1.807) is 0 Å². The molecule has 1 aliphatic heterocycles. The van der Waals surface area contributed by atoms with Crippen LogP contribution in [0.5, 0.6) is 0 Å². The minimum atomic E-state index is -1.18. The van der Waals surface area contributed by atoms with Crippen LogP contribution in [-0.4, -0.2) is 57.5 Å². The number of aliphatic hydroxyl groups excluding tert-OH is 3. The van der Waals surface area contributed by atoms with Crippen molar-refractivity contribution in [3.63, 3.8) is 0 Å². The van der Waals surface area contributed by atoms with Gasteiger partial charge in [-0.1, -0.05) is 26.2 Å². The molecule has 0 radical (unpaired) electrons. The number of unbranched alkanes of at least 4 members (excludes halogenated alkanes) is 3. The van der Waals surface area contributed by atoms with Gasteiger partial charge in [0.05, 0.1) is 6.10 Å². The van der Waals surface area contributed by atoms with Crippen LogP contribution < -0.4 is 5.73 Å². The molecule has 0 amide bonds. The highest BCUT2D eigenvalue weighted by Crippen LogP contribution is 2.28. The van der Waals surface area contributed by atoms with Crippen molar-refractivity contribution < 1.29 is 20.1 Å². The molecule has 0 unspecified atom stereocenters. The Kier molecular flexibility index (Phi) is 7.51. The van der Waals surface area contributed by atoms with Gasteiger partial charge in [0.1, 0.15) is 23.7 Å². The molecule has 0 aromatic heterocycles. The van der Waals surface area contributed by atoms with Gasteiger partial charge in [-0.25, -0.2) is 0 Å². The van der Waals surface area contributed by atoms with Gasteiger partial charge in [0.25, 0.3) is 0 Å². The first-order valence-corrected chi connectivity index (χ1v) is 7.68. The molecule has 5 N–H and O–H groups in total.